The standard InChI is InChI=1S/C13H21N3/c1-10(2)13-8-12(15-9-16-13)7-11-5-3-4-6-14-11/h8-11,14H,3-7H2,1-2H3. The summed E-state index contributed by atoms with van der Waals surface area (Å²) >= 11 is 0. The topological polar surface area (TPSA) is 37.8 Å². The number of hydrogen-bond donors (Lipinski definition) is 1. The van der Waals surface area contributed by atoms with Crippen molar-refractivity contribution in [2.75, 3.05) is 6.54 Å². The molecular formula is C13H21N3. The Labute approximate surface area is 97.7 Å². The molecule has 1 N–H and O–H groups in total. The van der Waals surface area contributed by atoms with Gasteiger partial charge in [-0.3, -0.25) is 0 Å². The average molecular weight is 219 g/mol. The molecule has 0 amide bonds. The van der Waals surface area contributed by atoms with Crippen molar-refractivity contribution in [3.05, 3.63) is 23.8 Å². The van der Waals surface area contributed by atoms with E-state index in [1.54, 1.807) is 6.33 Å². The van der Waals surface area contributed by atoms with Crippen LogP contribution in [0.15, 0.2) is 12.4 Å². The summed E-state index contributed by atoms with van der Waals surface area (Å²) in [5.74, 6) is 0.487. The minimum atomic E-state index is 0.487. The summed E-state index contributed by atoms with van der Waals surface area (Å²) in [6.45, 7) is 5.50. The average Bonchev–Trinajstić information content (AvgIpc) is 2.30. The zero-order valence-corrected chi connectivity index (χ0v) is 10.2. The maximum absolute atomic E-state index is 4.36. The van der Waals surface area contributed by atoms with E-state index < -0.39 is 0 Å². The fourth-order valence-electron chi connectivity index (χ4n) is 2.19. The van der Waals surface area contributed by atoms with E-state index in [1.165, 1.54) is 25.0 Å². The quantitative estimate of drug-likeness (QED) is 0.847. The van der Waals surface area contributed by atoms with Gasteiger partial charge in [0.15, 0.2) is 0 Å². The van der Waals surface area contributed by atoms with Crippen LogP contribution in [-0.2, 0) is 6.42 Å². The van der Waals surface area contributed by atoms with Gasteiger partial charge in [-0.1, -0.05) is 20.3 Å². The van der Waals surface area contributed by atoms with E-state index in [0.29, 0.717) is 12.0 Å². The number of nitrogens with zero attached hydrogens (tertiary/aromatic N) is 2. The van der Waals surface area contributed by atoms with E-state index in [0.717, 1.165) is 18.7 Å². The number of rotatable bonds is 3. The van der Waals surface area contributed by atoms with Crippen LogP contribution >= 0.6 is 0 Å². The second-order valence-electron chi connectivity index (χ2n) is 4.94. The first-order valence-corrected chi connectivity index (χ1v) is 6.30. The van der Waals surface area contributed by atoms with E-state index in [2.05, 4.69) is 35.2 Å². The molecule has 1 aromatic heterocycles. The van der Waals surface area contributed by atoms with Crippen LogP contribution in [0.25, 0.3) is 0 Å². The molecule has 1 aliphatic heterocycles. The van der Waals surface area contributed by atoms with Crippen molar-refractivity contribution in [1.82, 2.24) is 15.3 Å². The molecule has 3 nitrogen and oxygen atoms in total. The second kappa shape index (κ2) is 5.39. The highest BCUT2D eigenvalue weighted by Gasteiger charge is 2.14. The largest absolute Gasteiger partial charge is 0.314 e. The highest BCUT2D eigenvalue weighted by molar-refractivity contribution is 5.12. The number of piperidine rings is 1. The van der Waals surface area contributed by atoms with Crippen molar-refractivity contribution < 1.29 is 0 Å². The maximum Gasteiger partial charge on any atom is 0.115 e. The first-order chi connectivity index (χ1) is 7.75. The van der Waals surface area contributed by atoms with Gasteiger partial charge < -0.3 is 5.32 Å². The van der Waals surface area contributed by atoms with Crippen molar-refractivity contribution in [1.29, 1.82) is 0 Å². The molecule has 0 saturated carbocycles. The van der Waals surface area contributed by atoms with Gasteiger partial charge in [-0.05, 0) is 31.4 Å². The molecule has 0 spiro atoms. The third-order valence-electron chi connectivity index (χ3n) is 3.20. The summed E-state index contributed by atoms with van der Waals surface area (Å²) in [5.41, 5.74) is 2.33. The molecule has 1 saturated heterocycles. The Morgan fingerprint density at radius 2 is 2.25 bits per heavy atom. The van der Waals surface area contributed by atoms with Gasteiger partial charge in [0.05, 0.1) is 0 Å². The van der Waals surface area contributed by atoms with Gasteiger partial charge in [0.2, 0.25) is 0 Å². The number of aromatic nitrogens is 2. The Kier molecular flexibility index (Phi) is 3.88. The number of nitrogens with one attached hydrogen (secondary N) is 1. The van der Waals surface area contributed by atoms with E-state index in [1.807, 2.05) is 0 Å². The van der Waals surface area contributed by atoms with E-state index in [9.17, 15) is 0 Å². The first kappa shape index (κ1) is 11.5. The Morgan fingerprint density at radius 3 is 2.94 bits per heavy atom. The van der Waals surface area contributed by atoms with Crippen molar-refractivity contribution in [2.24, 2.45) is 0 Å². The molecule has 1 aliphatic rings. The van der Waals surface area contributed by atoms with Crippen LogP contribution in [0.2, 0.25) is 0 Å². The molecule has 3 heteroatoms. The van der Waals surface area contributed by atoms with E-state index in [4.69, 9.17) is 0 Å². The van der Waals surface area contributed by atoms with E-state index >= 15 is 0 Å². The lowest BCUT2D eigenvalue weighted by atomic mass is 9.99. The zero-order valence-electron chi connectivity index (χ0n) is 10.2. The Balaban J connectivity index is 2.00. The monoisotopic (exact) mass is 219 g/mol. The molecule has 0 aliphatic carbocycles. The van der Waals surface area contributed by atoms with Crippen LogP contribution in [0, 0.1) is 0 Å². The molecule has 1 aromatic rings. The third kappa shape index (κ3) is 3.01. The van der Waals surface area contributed by atoms with Crippen molar-refractivity contribution in [3.63, 3.8) is 0 Å². The van der Waals surface area contributed by atoms with Crippen LogP contribution in [0.3, 0.4) is 0 Å². The van der Waals surface area contributed by atoms with Crippen molar-refractivity contribution in [2.45, 2.75) is 51.5 Å². The highest BCUT2D eigenvalue weighted by Crippen LogP contribution is 2.15. The van der Waals surface area contributed by atoms with Crippen molar-refractivity contribution in [3.8, 4) is 0 Å². The molecular weight excluding hydrogens is 198 g/mol. The molecule has 0 bridgehead atoms. The summed E-state index contributed by atoms with van der Waals surface area (Å²) in [6.07, 6.45) is 6.69. The lowest BCUT2D eigenvalue weighted by molar-refractivity contribution is 0.396. The highest BCUT2D eigenvalue weighted by atomic mass is 14.9. The normalized spacial score (nSPS) is 21.3. The lowest BCUT2D eigenvalue weighted by Gasteiger charge is -2.23. The molecule has 88 valence electrons. The maximum atomic E-state index is 4.36. The van der Waals surface area contributed by atoms with Gasteiger partial charge in [0.25, 0.3) is 0 Å². The van der Waals surface area contributed by atoms with Crippen LogP contribution in [0.1, 0.15) is 50.4 Å². The molecule has 0 aromatic carbocycles. The smallest absolute Gasteiger partial charge is 0.115 e. The molecule has 0 radical (unpaired) electrons. The van der Waals surface area contributed by atoms with Crippen molar-refractivity contribution >= 4 is 0 Å². The fourth-order valence-corrected chi connectivity index (χ4v) is 2.19. The summed E-state index contributed by atoms with van der Waals surface area (Å²) in [7, 11) is 0. The molecule has 1 fully saturated rings. The first-order valence-electron chi connectivity index (χ1n) is 6.30. The van der Waals surface area contributed by atoms with Gasteiger partial charge in [0.1, 0.15) is 6.33 Å². The Hall–Kier alpha value is -0.960. The lowest BCUT2D eigenvalue weighted by Crippen LogP contribution is -2.35. The zero-order chi connectivity index (χ0) is 11.4. The molecule has 1 unspecified atom stereocenters. The third-order valence-corrected chi connectivity index (χ3v) is 3.20. The summed E-state index contributed by atoms with van der Waals surface area (Å²) in [5, 5.41) is 3.56. The number of hydrogen-bond acceptors (Lipinski definition) is 3. The Morgan fingerprint density at radius 1 is 1.38 bits per heavy atom. The second-order valence-corrected chi connectivity index (χ2v) is 4.94. The van der Waals surface area contributed by atoms with Gasteiger partial charge >= 0.3 is 0 Å². The predicted molar refractivity (Wildman–Crippen MR) is 65.5 cm³/mol. The van der Waals surface area contributed by atoms with Gasteiger partial charge in [0, 0.05) is 23.9 Å². The minimum absolute atomic E-state index is 0.487. The van der Waals surface area contributed by atoms with Crippen LogP contribution in [0.5, 0.6) is 0 Å². The Bertz CT molecular complexity index is 330. The SMILES string of the molecule is CC(C)c1cc(CC2CCCCN2)ncn1. The predicted octanol–water partition coefficient (Wildman–Crippen LogP) is 2.28. The van der Waals surface area contributed by atoms with Crippen LogP contribution in [0.4, 0.5) is 0 Å². The summed E-state index contributed by atoms with van der Waals surface area (Å²) < 4.78 is 0. The van der Waals surface area contributed by atoms with Gasteiger partial charge in [-0.25, -0.2) is 9.97 Å². The molecule has 2 heterocycles. The van der Waals surface area contributed by atoms with Gasteiger partial charge in [-0.15, -0.1) is 0 Å². The minimum Gasteiger partial charge on any atom is -0.314 e. The summed E-state index contributed by atoms with van der Waals surface area (Å²) in [4.78, 5) is 8.67. The fraction of sp³-hybridized carbons (Fsp3) is 0.692. The molecule has 16 heavy (non-hydrogen) atoms. The molecule has 1 atom stereocenters. The van der Waals surface area contributed by atoms with Crippen LogP contribution < -0.4 is 5.32 Å². The molecule has 2 rings (SSSR count). The summed E-state index contributed by atoms with van der Waals surface area (Å²) in [6, 6.07) is 2.77. The van der Waals surface area contributed by atoms with Crippen LogP contribution in [-0.4, -0.2) is 22.6 Å². The van der Waals surface area contributed by atoms with E-state index in [-0.39, 0.29) is 0 Å². The van der Waals surface area contributed by atoms with Gasteiger partial charge in [-0.2, -0.15) is 0 Å².